The Labute approximate surface area is 667 Å². The Bertz CT molecular complexity index is 4080. The van der Waals surface area contributed by atoms with Crippen molar-refractivity contribution in [1.82, 2.24) is 44.9 Å². The van der Waals surface area contributed by atoms with Gasteiger partial charge in [0.25, 0.3) is 0 Å². The number of nitrogens with zero attached hydrogens (tertiary/aromatic N) is 9. The molecule has 30 nitrogen and oxygen atoms in total. The molecule has 1 aliphatic carbocycles. The maximum Gasteiger partial charge on any atom is 0.192 e. The first kappa shape index (κ1) is 87.7. The summed E-state index contributed by atoms with van der Waals surface area (Å²) in [5, 5.41) is 4.32. The summed E-state index contributed by atoms with van der Waals surface area (Å²) in [6.45, 7) is 21.3. The van der Waals surface area contributed by atoms with Gasteiger partial charge in [-0.25, -0.2) is 44.9 Å². The monoisotopic (exact) mass is 1630 g/mol. The van der Waals surface area contributed by atoms with Crippen molar-refractivity contribution in [2.45, 2.75) is 84.6 Å². The van der Waals surface area contributed by atoms with Crippen LogP contribution in [0.3, 0.4) is 0 Å². The number of hydrogen-bond donors (Lipinski definition) is 6. The summed E-state index contributed by atoms with van der Waals surface area (Å²) in [5.41, 5.74) is 40.9. The number of rotatable bonds is 45. The topological polar surface area (TPSA) is 411 Å². The van der Waals surface area contributed by atoms with Crippen LogP contribution in [0.25, 0.3) is 31.7 Å². The number of thioether (sulfide) groups is 3. The molecule has 0 saturated heterocycles. The molecule has 0 bridgehead atoms. The maximum atomic E-state index is 5.98. The van der Waals surface area contributed by atoms with E-state index < -0.39 is 4.75 Å². The quantitative estimate of drug-likeness (QED) is 0.0117. The van der Waals surface area contributed by atoms with Gasteiger partial charge in [0.05, 0.1) is 152 Å². The molecule has 6 heterocycles. The Morgan fingerprint density at radius 3 is 1.11 bits per heavy atom. The third-order valence-electron chi connectivity index (χ3n) is 15.8. The van der Waals surface area contributed by atoms with E-state index in [9.17, 15) is 0 Å². The fraction of sp³-hybridized carbons (Fsp3) is 0.473. The van der Waals surface area contributed by atoms with Crippen LogP contribution in [0.5, 0.6) is 34.5 Å². The Morgan fingerprint density at radius 2 is 0.727 bits per heavy atom. The molecule has 0 amide bonds. The standard InChI is InChI=1S/C25H33N5O5S2.C25H35N5O5S2.C24H33N5O5S2/c1-16-22(25(6-7-25)37-24-28-20(26)15-21(27)29-24)30-23(36-16)17-4-5-18(32-3)19(14-17)35-13-12-34-11-10-33-9-8-31-2;1-16-22(25(2,3)37-24-28-20(26)15-21(27)29-24)30-23(36-16)17-6-7-18(32-5)19(14-17)35-13-12-34-11-10-33-9-8-31-4;1-15-22(16(2)36-24-27-20(25)14-21(26)28-24)29-23(35-15)17-5-6-18(31-4)19(13-17)34-12-11-33-10-9-32-8-7-30-3/h4-5,14-15H,6-13H2,1-3H3,(H4,26,27,28,29);6-7,14-15H,8-13H2,1-5H3,(H4,26,27,28,29);5-6,13-14,16H,7-12H2,1-4H3,(H4,25,26,27,28)/t;;16-/m..0/s1. The first-order chi connectivity index (χ1) is 53.1. The number of methoxy groups -OCH3 is 6. The highest BCUT2D eigenvalue weighted by atomic mass is 32.2. The number of nitrogens with two attached hydrogens (primary N) is 6. The van der Waals surface area contributed by atoms with Crippen molar-refractivity contribution in [1.29, 1.82) is 0 Å². The van der Waals surface area contributed by atoms with Gasteiger partial charge in [0.15, 0.2) is 50.0 Å². The van der Waals surface area contributed by atoms with Crippen molar-refractivity contribution < 1.29 is 71.1 Å². The number of thiazole rings is 3. The molecule has 9 aromatic rings. The number of aryl methyl sites for hydroxylation is 3. The summed E-state index contributed by atoms with van der Waals surface area (Å²) in [6, 6.07) is 22.1. The summed E-state index contributed by atoms with van der Waals surface area (Å²) in [7, 11) is 9.79. The summed E-state index contributed by atoms with van der Waals surface area (Å²) in [4.78, 5) is 44.1. The summed E-state index contributed by atoms with van der Waals surface area (Å²) >= 11 is 9.41. The molecule has 0 aliphatic heterocycles. The van der Waals surface area contributed by atoms with E-state index in [-0.39, 0.29) is 10.00 Å². The number of benzene rings is 3. The van der Waals surface area contributed by atoms with Gasteiger partial charge in [-0.05, 0) is 109 Å². The third-order valence-corrected chi connectivity index (χ3v) is 22.2. The Balaban J connectivity index is 0.000000207. The molecule has 1 atom stereocenters. The molecule has 598 valence electrons. The number of anilines is 6. The van der Waals surface area contributed by atoms with Crippen LogP contribution < -0.4 is 62.8 Å². The summed E-state index contributed by atoms with van der Waals surface area (Å²) in [5.74, 6) is 5.98. The number of hydrogen-bond acceptors (Lipinski definition) is 36. The molecule has 10 rings (SSSR count). The van der Waals surface area contributed by atoms with Gasteiger partial charge >= 0.3 is 0 Å². The van der Waals surface area contributed by atoms with Crippen LogP contribution in [0.1, 0.15) is 70.6 Å². The van der Waals surface area contributed by atoms with E-state index in [1.165, 1.54) is 35.7 Å². The SMILES string of the molecule is COCCOCCOCCOc1cc(-c2nc(C(C)(C)Sc3nc(N)cc(N)n3)c(C)s2)ccc1OC.COCCOCCOCCOc1cc(-c2nc(C3(Sc4nc(N)cc(N)n4)CC3)c(C)s2)ccc1OC.COCCOCCOCCOc1cc(-c2nc([C@H](C)Sc3nc(N)cc(N)n3)c(C)s2)ccc1OC. The zero-order valence-electron chi connectivity index (χ0n) is 64.2. The fourth-order valence-electron chi connectivity index (χ4n) is 10.4. The molecule has 1 saturated carbocycles. The van der Waals surface area contributed by atoms with Crippen LogP contribution in [0.15, 0.2) is 88.3 Å². The van der Waals surface area contributed by atoms with Crippen LogP contribution in [0.4, 0.5) is 34.9 Å². The smallest absolute Gasteiger partial charge is 0.192 e. The van der Waals surface area contributed by atoms with Crippen molar-refractivity contribution in [2.24, 2.45) is 0 Å². The second-order valence-electron chi connectivity index (χ2n) is 24.6. The molecular weight excluding hydrogens is 1530 g/mol. The molecule has 6 aromatic heterocycles. The predicted octanol–water partition coefficient (Wildman–Crippen LogP) is 12.1. The van der Waals surface area contributed by atoms with Crippen molar-refractivity contribution in [3.8, 4) is 66.2 Å². The summed E-state index contributed by atoms with van der Waals surface area (Å²) in [6.07, 6.45) is 1.99. The lowest BCUT2D eigenvalue weighted by Gasteiger charge is -2.22. The number of aromatic nitrogens is 9. The molecular formula is C74H101N15O15S6. The molecule has 36 heteroatoms. The first-order valence-corrected chi connectivity index (χ1v) is 40.1. The zero-order chi connectivity index (χ0) is 79.0. The van der Waals surface area contributed by atoms with Crippen LogP contribution in [-0.4, -0.2) is 206 Å². The van der Waals surface area contributed by atoms with Crippen molar-refractivity contribution in [2.75, 3.05) is 196 Å². The molecule has 0 spiro atoms. The van der Waals surface area contributed by atoms with Gasteiger partial charge in [0.1, 0.15) is 69.8 Å². The lowest BCUT2D eigenvalue weighted by Crippen LogP contribution is -2.15. The minimum atomic E-state index is -0.407. The average Bonchev–Trinajstić information content (AvgIpc) is 1.59. The molecule has 1 fully saturated rings. The van der Waals surface area contributed by atoms with Gasteiger partial charge in [-0.1, -0.05) is 35.3 Å². The molecule has 12 N–H and O–H groups in total. The first-order valence-electron chi connectivity index (χ1n) is 35.1. The third kappa shape index (κ3) is 27.5. The van der Waals surface area contributed by atoms with Gasteiger partial charge in [-0.2, -0.15) is 0 Å². The van der Waals surface area contributed by atoms with E-state index in [1.54, 1.807) is 94.5 Å². The van der Waals surface area contributed by atoms with Crippen LogP contribution in [-0.2, 0) is 52.1 Å². The van der Waals surface area contributed by atoms with Gasteiger partial charge in [-0.15, -0.1) is 34.0 Å². The van der Waals surface area contributed by atoms with Gasteiger partial charge in [0.2, 0.25) is 0 Å². The van der Waals surface area contributed by atoms with E-state index in [4.69, 9.17) is 120 Å². The van der Waals surface area contributed by atoms with Crippen molar-refractivity contribution in [3.63, 3.8) is 0 Å². The molecule has 0 unspecified atom stereocenters. The largest absolute Gasteiger partial charge is 0.493 e. The Hall–Kier alpha value is -7.92. The second-order valence-corrected chi connectivity index (χ2v) is 32.4. The molecule has 0 radical (unpaired) electrons. The van der Waals surface area contributed by atoms with Gasteiger partial charge in [0, 0.05) is 70.9 Å². The van der Waals surface area contributed by atoms with E-state index in [0.717, 1.165) is 76.3 Å². The summed E-state index contributed by atoms with van der Waals surface area (Å²) < 4.78 is 81.4. The number of ether oxygens (including phenoxy) is 15. The highest BCUT2D eigenvalue weighted by Crippen LogP contribution is 2.60. The van der Waals surface area contributed by atoms with Crippen LogP contribution >= 0.6 is 69.3 Å². The van der Waals surface area contributed by atoms with Crippen molar-refractivity contribution >= 4 is 104 Å². The second kappa shape index (κ2) is 44.9. The van der Waals surface area contributed by atoms with E-state index in [1.807, 2.05) is 54.6 Å². The minimum absolute atomic E-state index is 0.0146. The van der Waals surface area contributed by atoms with Crippen LogP contribution in [0.2, 0.25) is 0 Å². The molecule has 110 heavy (non-hydrogen) atoms. The zero-order valence-corrected chi connectivity index (χ0v) is 69.1. The fourth-order valence-corrected chi connectivity index (χ4v) is 17.0. The lowest BCUT2D eigenvalue weighted by molar-refractivity contribution is 0.0178. The van der Waals surface area contributed by atoms with E-state index in [0.29, 0.717) is 204 Å². The maximum absolute atomic E-state index is 5.98. The average molecular weight is 1630 g/mol. The highest BCUT2D eigenvalue weighted by Gasteiger charge is 2.49. The normalized spacial score (nSPS) is 12.5. The molecule has 1 aliphatic rings. The number of nitrogen functional groups attached to an aromatic ring is 6. The Kier molecular flexibility index (Phi) is 35.8. The lowest BCUT2D eigenvalue weighted by atomic mass is 10.1. The molecule has 3 aromatic carbocycles. The highest BCUT2D eigenvalue weighted by molar-refractivity contribution is 8.00. The Morgan fingerprint density at radius 1 is 0.391 bits per heavy atom. The van der Waals surface area contributed by atoms with Crippen LogP contribution in [0, 0.1) is 20.8 Å². The van der Waals surface area contributed by atoms with Crippen molar-refractivity contribution in [3.05, 3.63) is 105 Å². The van der Waals surface area contributed by atoms with E-state index in [2.05, 4.69) is 71.4 Å². The van der Waals surface area contributed by atoms with Gasteiger partial charge < -0.3 is 105 Å². The predicted molar refractivity (Wildman–Crippen MR) is 436 cm³/mol. The minimum Gasteiger partial charge on any atom is -0.493 e. The van der Waals surface area contributed by atoms with E-state index >= 15 is 0 Å². The van der Waals surface area contributed by atoms with Gasteiger partial charge in [-0.3, -0.25) is 0 Å².